The zero-order valence-corrected chi connectivity index (χ0v) is 18.9. The lowest BCUT2D eigenvalue weighted by Gasteiger charge is -2.17. The molecule has 1 unspecified atom stereocenters. The molecule has 0 saturated carbocycles. The van der Waals surface area contributed by atoms with Crippen LogP contribution in [0, 0.1) is 0 Å². The van der Waals surface area contributed by atoms with E-state index in [1.165, 1.54) is 13.0 Å². The molecule has 1 atom stereocenters. The number of halogens is 8. The number of aromatic nitrogens is 4. The second kappa shape index (κ2) is 9.91. The van der Waals surface area contributed by atoms with Gasteiger partial charge in [0.15, 0.2) is 11.6 Å². The normalized spacial score (nSPS) is 13.5. The number of alkyl halides is 8. The first-order valence-electron chi connectivity index (χ1n) is 9.66. The lowest BCUT2D eigenvalue weighted by molar-refractivity contribution is -0.137. The molecule has 3 aromatic rings. The van der Waals surface area contributed by atoms with Gasteiger partial charge in [0.05, 0.1) is 22.7 Å². The van der Waals surface area contributed by atoms with Crippen LogP contribution < -0.4 is 10.1 Å². The molecule has 9 nitrogen and oxygen atoms in total. The van der Waals surface area contributed by atoms with E-state index in [4.69, 9.17) is 0 Å². The molecule has 0 bridgehead atoms. The monoisotopic (exact) mass is 559 g/mol. The van der Waals surface area contributed by atoms with Gasteiger partial charge in [-0.3, -0.25) is 4.79 Å². The van der Waals surface area contributed by atoms with Gasteiger partial charge in [-0.1, -0.05) is 0 Å². The maximum atomic E-state index is 13.2. The predicted molar refractivity (Wildman–Crippen MR) is 106 cm³/mol. The van der Waals surface area contributed by atoms with Crippen LogP contribution in [0.3, 0.4) is 0 Å². The number of carbonyl (C=O) groups is 1. The minimum atomic E-state index is -6.21. The van der Waals surface area contributed by atoms with Crippen LogP contribution >= 0.6 is 0 Å². The molecule has 2 heterocycles. The zero-order chi connectivity index (χ0) is 27.8. The third-order valence-electron chi connectivity index (χ3n) is 4.58. The molecule has 3 rings (SSSR count). The lowest BCUT2D eigenvalue weighted by Crippen LogP contribution is -2.30. The Bertz CT molecular complexity index is 1390. The van der Waals surface area contributed by atoms with Gasteiger partial charge in [-0.2, -0.15) is 44.9 Å². The van der Waals surface area contributed by atoms with E-state index >= 15 is 0 Å². The van der Waals surface area contributed by atoms with E-state index in [9.17, 15) is 48.3 Å². The molecule has 0 aliphatic heterocycles. The molecule has 1 amide bonds. The summed E-state index contributed by atoms with van der Waals surface area (Å²) in [5.74, 6) is -1.71. The largest absolute Gasteiger partial charge is 0.501 e. The standard InChI is InChI=1S/C19H13F8N5O4S/c1-9(15-29-8-30-32(15)14-3-2-12(7-28-14)36-17(20)21)31-16(33)10-4-11(18(22,23)24)6-13(5-10)37(34,35)19(25,26)27/h2-9,17H,1H3,(H,31,33). The van der Waals surface area contributed by atoms with E-state index in [-0.39, 0.29) is 35.6 Å². The highest BCUT2D eigenvalue weighted by atomic mass is 32.2. The Morgan fingerprint density at radius 3 is 2.27 bits per heavy atom. The Labute approximate surface area is 202 Å². The van der Waals surface area contributed by atoms with Crippen LogP contribution in [0.5, 0.6) is 5.75 Å². The van der Waals surface area contributed by atoms with Crippen LogP contribution in [0.1, 0.15) is 34.7 Å². The Morgan fingerprint density at radius 1 is 1.05 bits per heavy atom. The molecule has 18 heteroatoms. The maximum Gasteiger partial charge on any atom is 0.501 e. The third kappa shape index (κ3) is 6.12. The van der Waals surface area contributed by atoms with Gasteiger partial charge in [0.2, 0.25) is 0 Å². The first-order valence-corrected chi connectivity index (χ1v) is 11.1. The summed E-state index contributed by atoms with van der Waals surface area (Å²) in [5.41, 5.74) is -8.74. The number of pyridine rings is 1. The number of nitrogens with zero attached hydrogens (tertiary/aromatic N) is 4. The second-order valence-electron chi connectivity index (χ2n) is 7.15. The topological polar surface area (TPSA) is 116 Å². The van der Waals surface area contributed by atoms with Crippen LogP contribution in [-0.4, -0.2) is 46.2 Å². The minimum Gasteiger partial charge on any atom is -0.433 e. The number of ether oxygens (including phenoxy) is 1. The Hall–Kier alpha value is -3.83. The molecule has 0 aliphatic rings. The van der Waals surface area contributed by atoms with Gasteiger partial charge < -0.3 is 10.1 Å². The average Bonchev–Trinajstić information content (AvgIpc) is 3.27. The first-order chi connectivity index (χ1) is 17.0. The fourth-order valence-electron chi connectivity index (χ4n) is 2.92. The van der Waals surface area contributed by atoms with Gasteiger partial charge in [0.25, 0.3) is 15.7 Å². The highest BCUT2D eigenvalue weighted by Crippen LogP contribution is 2.36. The minimum absolute atomic E-state index is 0.00726. The van der Waals surface area contributed by atoms with E-state index in [1.807, 2.05) is 0 Å². The van der Waals surface area contributed by atoms with Crippen LogP contribution in [0.4, 0.5) is 35.1 Å². The summed E-state index contributed by atoms with van der Waals surface area (Å²) in [6.07, 6.45) is -3.34. The summed E-state index contributed by atoms with van der Waals surface area (Å²) < 4.78 is 132. The van der Waals surface area contributed by atoms with Gasteiger partial charge in [-0.25, -0.2) is 18.4 Å². The van der Waals surface area contributed by atoms with Gasteiger partial charge in [-0.15, -0.1) is 0 Å². The molecule has 1 N–H and O–H groups in total. The number of sulfone groups is 1. The molecule has 37 heavy (non-hydrogen) atoms. The van der Waals surface area contributed by atoms with Crippen molar-refractivity contribution in [3.05, 3.63) is 59.8 Å². The predicted octanol–water partition coefficient (Wildman–Crippen LogP) is 4.07. The smallest absolute Gasteiger partial charge is 0.433 e. The summed E-state index contributed by atoms with van der Waals surface area (Å²) in [7, 11) is -6.21. The Balaban J connectivity index is 1.92. The lowest BCUT2D eigenvalue weighted by atomic mass is 10.1. The van der Waals surface area contributed by atoms with Crippen LogP contribution in [-0.2, 0) is 16.0 Å². The Morgan fingerprint density at radius 2 is 1.73 bits per heavy atom. The molecule has 200 valence electrons. The SMILES string of the molecule is CC(NC(=O)c1cc(C(F)(F)F)cc(S(=O)(=O)C(F)(F)F)c1)c1ncnn1-c1ccc(OC(F)F)cn1. The summed E-state index contributed by atoms with van der Waals surface area (Å²) in [4.78, 5) is 18.6. The van der Waals surface area contributed by atoms with Crippen molar-refractivity contribution in [2.24, 2.45) is 0 Å². The summed E-state index contributed by atoms with van der Waals surface area (Å²) in [6.45, 7) is -1.82. The van der Waals surface area contributed by atoms with Gasteiger partial charge in [0, 0.05) is 5.56 Å². The van der Waals surface area contributed by atoms with Crippen molar-refractivity contribution < 1.29 is 53.1 Å². The number of hydrogen-bond donors (Lipinski definition) is 1. The van der Waals surface area contributed by atoms with Crippen molar-refractivity contribution in [3.8, 4) is 11.6 Å². The molecular formula is C19H13F8N5O4S. The van der Waals surface area contributed by atoms with Crippen molar-refractivity contribution in [2.75, 3.05) is 0 Å². The number of benzene rings is 1. The molecule has 0 aliphatic carbocycles. The number of amides is 1. The maximum absolute atomic E-state index is 13.2. The third-order valence-corrected chi connectivity index (χ3v) is 6.05. The van der Waals surface area contributed by atoms with Crippen LogP contribution in [0.25, 0.3) is 5.82 Å². The summed E-state index contributed by atoms with van der Waals surface area (Å²) in [6, 6.07) is 1.28. The van der Waals surface area contributed by atoms with Crippen molar-refractivity contribution in [3.63, 3.8) is 0 Å². The molecule has 0 fully saturated rings. The van der Waals surface area contributed by atoms with E-state index in [0.29, 0.717) is 0 Å². The molecule has 0 saturated heterocycles. The van der Waals surface area contributed by atoms with E-state index in [0.717, 1.165) is 23.3 Å². The van der Waals surface area contributed by atoms with Gasteiger partial charge in [0.1, 0.15) is 12.1 Å². The molecular weight excluding hydrogens is 546 g/mol. The second-order valence-corrected chi connectivity index (χ2v) is 9.09. The number of nitrogens with one attached hydrogen (secondary N) is 1. The van der Waals surface area contributed by atoms with E-state index in [2.05, 4.69) is 25.1 Å². The van der Waals surface area contributed by atoms with Crippen LogP contribution in [0.15, 0.2) is 47.8 Å². The molecule has 0 spiro atoms. The highest BCUT2D eigenvalue weighted by Gasteiger charge is 2.48. The molecule has 2 aromatic heterocycles. The Kier molecular flexibility index (Phi) is 7.43. The first kappa shape index (κ1) is 27.8. The van der Waals surface area contributed by atoms with Crippen molar-refractivity contribution in [1.29, 1.82) is 0 Å². The average molecular weight is 559 g/mol. The molecule has 1 aromatic carbocycles. The number of carbonyl (C=O) groups excluding carboxylic acids is 1. The van der Waals surface area contributed by atoms with Crippen LogP contribution in [0.2, 0.25) is 0 Å². The number of rotatable bonds is 7. The summed E-state index contributed by atoms with van der Waals surface area (Å²) >= 11 is 0. The van der Waals surface area contributed by atoms with Crippen molar-refractivity contribution in [1.82, 2.24) is 25.1 Å². The van der Waals surface area contributed by atoms with Gasteiger partial charge in [-0.05, 0) is 37.3 Å². The van der Waals surface area contributed by atoms with Crippen molar-refractivity contribution in [2.45, 2.75) is 36.2 Å². The van der Waals surface area contributed by atoms with E-state index in [1.54, 1.807) is 0 Å². The fourth-order valence-corrected chi connectivity index (χ4v) is 3.75. The summed E-state index contributed by atoms with van der Waals surface area (Å²) in [5, 5.41) is 6.03. The highest BCUT2D eigenvalue weighted by molar-refractivity contribution is 7.92. The van der Waals surface area contributed by atoms with Gasteiger partial charge >= 0.3 is 18.3 Å². The van der Waals surface area contributed by atoms with E-state index < -0.39 is 56.1 Å². The number of hydrogen-bond acceptors (Lipinski definition) is 7. The van der Waals surface area contributed by atoms with Crippen molar-refractivity contribution >= 4 is 15.7 Å². The fraction of sp³-hybridized carbons (Fsp3) is 0.263. The quantitative estimate of drug-likeness (QED) is 0.434. The molecule has 0 radical (unpaired) electrons. The zero-order valence-electron chi connectivity index (χ0n) is 18.0.